The molecule has 2 nitrogen and oxygen atoms in total. The van der Waals surface area contributed by atoms with Crippen LogP contribution in [0.3, 0.4) is 0 Å². The number of hydrogen-bond donors (Lipinski definition) is 0. The van der Waals surface area contributed by atoms with E-state index in [1.54, 1.807) is 18.2 Å². The van der Waals surface area contributed by atoms with Gasteiger partial charge in [-0.3, -0.25) is 9.59 Å². The van der Waals surface area contributed by atoms with Crippen molar-refractivity contribution < 1.29 is 9.59 Å². The lowest BCUT2D eigenvalue weighted by molar-refractivity contribution is 0.101. The van der Waals surface area contributed by atoms with Crippen LogP contribution in [-0.2, 0) is 0 Å². The first-order valence-electron chi connectivity index (χ1n) is 3.41. The lowest BCUT2D eigenvalue weighted by atomic mass is 10.1. The molecule has 0 saturated carbocycles. The Morgan fingerprint density at radius 2 is 2.17 bits per heavy atom. The first-order valence-corrected chi connectivity index (χ1v) is 4.20. The molecule has 1 aromatic rings. The highest BCUT2D eigenvalue weighted by atomic mass is 79.9. The van der Waals surface area contributed by atoms with Crippen molar-refractivity contribution in [3.8, 4) is 0 Å². The van der Waals surface area contributed by atoms with E-state index in [2.05, 4.69) is 15.9 Å². The quantitative estimate of drug-likeness (QED) is 0.574. The number of carbonyl (C=O) groups excluding carboxylic acids is 2. The Kier molecular flexibility index (Phi) is 2.76. The third-order valence-electron chi connectivity index (χ3n) is 1.53. The van der Waals surface area contributed by atoms with Gasteiger partial charge < -0.3 is 0 Å². The molecule has 0 heterocycles. The minimum atomic E-state index is -0.0365. The maximum absolute atomic E-state index is 10.9. The van der Waals surface area contributed by atoms with E-state index in [1.807, 2.05) is 0 Å². The van der Waals surface area contributed by atoms with Gasteiger partial charge in [-0.25, -0.2) is 0 Å². The van der Waals surface area contributed by atoms with E-state index in [4.69, 9.17) is 0 Å². The fourth-order valence-electron chi connectivity index (χ4n) is 0.853. The molecule has 0 unspecified atom stereocenters. The predicted octanol–water partition coefficient (Wildman–Crippen LogP) is 2.46. The summed E-state index contributed by atoms with van der Waals surface area (Å²) in [7, 11) is 0. The zero-order valence-electron chi connectivity index (χ0n) is 6.50. The summed E-state index contributed by atoms with van der Waals surface area (Å²) >= 11 is 3.20. The molecule has 0 bridgehead atoms. The van der Waals surface area contributed by atoms with Crippen LogP contribution < -0.4 is 0 Å². The van der Waals surface area contributed by atoms with Gasteiger partial charge in [0, 0.05) is 15.6 Å². The first-order chi connectivity index (χ1) is 5.65. The van der Waals surface area contributed by atoms with Crippen LogP contribution >= 0.6 is 15.9 Å². The molecule has 0 aliphatic rings. The van der Waals surface area contributed by atoms with Crippen LogP contribution in [0.15, 0.2) is 22.7 Å². The van der Waals surface area contributed by atoms with Crippen molar-refractivity contribution in [1.82, 2.24) is 0 Å². The number of benzene rings is 1. The molecule has 62 valence electrons. The Bertz CT molecular complexity index is 331. The summed E-state index contributed by atoms with van der Waals surface area (Å²) in [4.78, 5) is 21.4. The second-order valence-electron chi connectivity index (χ2n) is 2.41. The molecule has 0 saturated heterocycles. The summed E-state index contributed by atoms with van der Waals surface area (Å²) in [6, 6.07) is 4.94. The molecule has 12 heavy (non-hydrogen) atoms. The SMILES string of the molecule is CC(=O)c1ccc(Br)c(C=O)c1. The fraction of sp³-hybridized carbons (Fsp3) is 0.111. The zero-order chi connectivity index (χ0) is 9.14. The second-order valence-corrected chi connectivity index (χ2v) is 3.26. The highest BCUT2D eigenvalue weighted by Gasteiger charge is 2.03. The third-order valence-corrected chi connectivity index (χ3v) is 2.25. The minimum absolute atomic E-state index is 0.0365. The number of carbonyl (C=O) groups is 2. The number of rotatable bonds is 2. The molecule has 0 atom stereocenters. The summed E-state index contributed by atoms with van der Waals surface area (Å²) < 4.78 is 0.711. The van der Waals surface area contributed by atoms with Gasteiger partial charge in [0.25, 0.3) is 0 Å². The molecule has 0 aromatic heterocycles. The summed E-state index contributed by atoms with van der Waals surface area (Å²) in [6.07, 6.45) is 0.719. The van der Waals surface area contributed by atoms with E-state index in [0.717, 1.165) is 6.29 Å². The topological polar surface area (TPSA) is 34.1 Å². The zero-order valence-corrected chi connectivity index (χ0v) is 8.09. The van der Waals surface area contributed by atoms with Crippen LogP contribution in [0.1, 0.15) is 27.6 Å². The molecular weight excluding hydrogens is 220 g/mol. The average molecular weight is 227 g/mol. The lowest BCUT2D eigenvalue weighted by Gasteiger charge is -1.98. The largest absolute Gasteiger partial charge is 0.298 e. The molecular formula is C9H7BrO2. The molecule has 1 aromatic carbocycles. The van der Waals surface area contributed by atoms with Crippen LogP contribution in [0.5, 0.6) is 0 Å². The minimum Gasteiger partial charge on any atom is -0.298 e. The average Bonchev–Trinajstić information content (AvgIpc) is 2.05. The fourth-order valence-corrected chi connectivity index (χ4v) is 1.19. The lowest BCUT2D eigenvalue weighted by Crippen LogP contribution is -1.93. The molecule has 0 radical (unpaired) electrons. The first kappa shape index (κ1) is 9.13. The normalized spacial score (nSPS) is 9.50. The van der Waals surface area contributed by atoms with Gasteiger partial charge in [0.2, 0.25) is 0 Å². The van der Waals surface area contributed by atoms with Crippen LogP contribution in [0.4, 0.5) is 0 Å². The summed E-state index contributed by atoms with van der Waals surface area (Å²) in [5, 5.41) is 0. The Morgan fingerprint density at radius 1 is 1.50 bits per heavy atom. The van der Waals surface area contributed by atoms with Crippen molar-refractivity contribution in [2.45, 2.75) is 6.92 Å². The van der Waals surface area contributed by atoms with E-state index in [9.17, 15) is 9.59 Å². The van der Waals surface area contributed by atoms with Crippen molar-refractivity contribution in [2.24, 2.45) is 0 Å². The van der Waals surface area contributed by atoms with Crippen molar-refractivity contribution in [3.63, 3.8) is 0 Å². The van der Waals surface area contributed by atoms with Crippen LogP contribution in [0.2, 0.25) is 0 Å². The van der Waals surface area contributed by atoms with Gasteiger partial charge in [0.1, 0.15) is 0 Å². The number of aldehydes is 1. The molecule has 0 fully saturated rings. The van der Waals surface area contributed by atoms with Crippen LogP contribution in [-0.4, -0.2) is 12.1 Å². The summed E-state index contributed by atoms with van der Waals surface area (Å²) in [5.41, 5.74) is 1.06. The number of hydrogen-bond acceptors (Lipinski definition) is 2. The molecule has 0 spiro atoms. The Hall–Kier alpha value is -0.960. The Labute approximate surface area is 78.7 Å². The van der Waals surface area contributed by atoms with Gasteiger partial charge in [0.05, 0.1) is 0 Å². The van der Waals surface area contributed by atoms with E-state index in [0.29, 0.717) is 15.6 Å². The standard InChI is InChI=1S/C9H7BrO2/c1-6(12)7-2-3-9(10)8(4-7)5-11/h2-5H,1H3. The molecule has 1 rings (SSSR count). The van der Waals surface area contributed by atoms with E-state index < -0.39 is 0 Å². The van der Waals surface area contributed by atoms with Gasteiger partial charge in [-0.05, 0) is 19.1 Å². The summed E-state index contributed by atoms with van der Waals surface area (Å²) in [5.74, 6) is -0.0365. The molecule has 3 heteroatoms. The number of halogens is 1. The van der Waals surface area contributed by atoms with E-state index in [1.165, 1.54) is 6.92 Å². The highest BCUT2D eigenvalue weighted by Crippen LogP contribution is 2.16. The highest BCUT2D eigenvalue weighted by molar-refractivity contribution is 9.10. The number of Topliss-reactive ketones (excluding diaryl/α,β-unsaturated/α-hetero) is 1. The Morgan fingerprint density at radius 3 is 2.67 bits per heavy atom. The molecule has 0 aliphatic carbocycles. The van der Waals surface area contributed by atoms with Crippen molar-refractivity contribution in [1.29, 1.82) is 0 Å². The molecule has 0 aliphatic heterocycles. The van der Waals surface area contributed by atoms with Gasteiger partial charge in [-0.15, -0.1) is 0 Å². The van der Waals surface area contributed by atoms with Gasteiger partial charge in [-0.1, -0.05) is 22.0 Å². The smallest absolute Gasteiger partial charge is 0.159 e. The van der Waals surface area contributed by atoms with Crippen molar-refractivity contribution in [2.75, 3.05) is 0 Å². The van der Waals surface area contributed by atoms with Crippen molar-refractivity contribution >= 4 is 28.0 Å². The third kappa shape index (κ3) is 1.80. The second kappa shape index (κ2) is 3.63. The maximum Gasteiger partial charge on any atom is 0.159 e. The Balaban J connectivity index is 3.22. The molecule has 0 amide bonds. The van der Waals surface area contributed by atoms with Gasteiger partial charge >= 0.3 is 0 Å². The molecule has 0 N–H and O–H groups in total. The monoisotopic (exact) mass is 226 g/mol. The van der Waals surface area contributed by atoms with E-state index >= 15 is 0 Å². The van der Waals surface area contributed by atoms with Crippen molar-refractivity contribution in [3.05, 3.63) is 33.8 Å². The van der Waals surface area contributed by atoms with Gasteiger partial charge in [0.15, 0.2) is 12.1 Å². The predicted molar refractivity (Wildman–Crippen MR) is 49.5 cm³/mol. The van der Waals surface area contributed by atoms with Crippen LogP contribution in [0.25, 0.3) is 0 Å². The van der Waals surface area contributed by atoms with E-state index in [-0.39, 0.29) is 5.78 Å². The maximum atomic E-state index is 10.9. The summed E-state index contributed by atoms with van der Waals surface area (Å²) in [6.45, 7) is 1.47. The number of ketones is 1. The van der Waals surface area contributed by atoms with Crippen LogP contribution in [0, 0.1) is 0 Å². The van der Waals surface area contributed by atoms with Gasteiger partial charge in [-0.2, -0.15) is 0 Å².